The van der Waals surface area contributed by atoms with Crippen molar-refractivity contribution in [3.63, 3.8) is 0 Å². The number of nitrogens with zero attached hydrogens (tertiary/aromatic N) is 1. The van der Waals surface area contributed by atoms with Crippen LogP contribution in [0.2, 0.25) is 0 Å². The summed E-state index contributed by atoms with van der Waals surface area (Å²) in [7, 11) is 3.10. The highest BCUT2D eigenvalue weighted by Gasteiger charge is 2.08. The molecule has 7 heteroatoms. The summed E-state index contributed by atoms with van der Waals surface area (Å²) >= 11 is 3.38. The number of hydrogen-bond acceptors (Lipinski definition) is 5. The van der Waals surface area contributed by atoms with E-state index in [9.17, 15) is 9.90 Å². The number of methoxy groups -OCH3 is 2. The zero-order valence-corrected chi connectivity index (χ0v) is 14.1. The molecule has 0 aliphatic rings. The second-order valence-electron chi connectivity index (χ2n) is 4.47. The number of nitrogens with one attached hydrogen (secondary N) is 1. The van der Waals surface area contributed by atoms with Crippen LogP contribution in [-0.4, -0.2) is 31.4 Å². The Balaban J connectivity index is 2.12. The maximum Gasteiger partial charge on any atom is 0.271 e. The summed E-state index contributed by atoms with van der Waals surface area (Å²) in [4.78, 5) is 11.9. The van der Waals surface area contributed by atoms with Gasteiger partial charge in [-0.2, -0.15) is 5.10 Å². The van der Waals surface area contributed by atoms with E-state index in [4.69, 9.17) is 9.47 Å². The minimum Gasteiger partial charge on any atom is -0.508 e. The summed E-state index contributed by atoms with van der Waals surface area (Å²) < 4.78 is 11.2. The molecule has 0 aliphatic carbocycles. The number of rotatable bonds is 5. The van der Waals surface area contributed by atoms with E-state index in [0.29, 0.717) is 22.6 Å². The SMILES string of the molecule is COc1cc(OC)c(C=NNC(=O)c2ccc(O)cc2)cc1Br. The maximum absolute atomic E-state index is 11.9. The fraction of sp³-hybridized carbons (Fsp3) is 0.125. The summed E-state index contributed by atoms with van der Waals surface area (Å²) in [6.45, 7) is 0. The van der Waals surface area contributed by atoms with Crippen molar-refractivity contribution in [1.82, 2.24) is 5.43 Å². The van der Waals surface area contributed by atoms with Crippen LogP contribution >= 0.6 is 15.9 Å². The summed E-state index contributed by atoms with van der Waals surface area (Å²) in [5.41, 5.74) is 3.48. The molecular formula is C16H15BrN2O4. The van der Waals surface area contributed by atoms with E-state index in [2.05, 4.69) is 26.5 Å². The monoisotopic (exact) mass is 378 g/mol. The molecule has 0 unspecified atom stereocenters. The van der Waals surface area contributed by atoms with Crippen molar-refractivity contribution in [3.8, 4) is 17.2 Å². The molecule has 0 saturated heterocycles. The van der Waals surface area contributed by atoms with E-state index < -0.39 is 0 Å². The Bertz CT molecular complexity index is 730. The van der Waals surface area contributed by atoms with Crippen molar-refractivity contribution in [2.75, 3.05) is 14.2 Å². The Kier molecular flexibility index (Phi) is 5.59. The van der Waals surface area contributed by atoms with Gasteiger partial charge in [-0.15, -0.1) is 0 Å². The van der Waals surface area contributed by atoms with E-state index in [-0.39, 0.29) is 11.7 Å². The van der Waals surface area contributed by atoms with Crippen LogP contribution in [-0.2, 0) is 0 Å². The lowest BCUT2D eigenvalue weighted by Gasteiger charge is -2.09. The average Bonchev–Trinajstić information content (AvgIpc) is 2.55. The zero-order chi connectivity index (χ0) is 16.8. The molecule has 2 N–H and O–H groups in total. The first-order valence-corrected chi connectivity index (χ1v) is 7.38. The Labute approximate surface area is 141 Å². The van der Waals surface area contributed by atoms with E-state index in [1.54, 1.807) is 19.2 Å². The van der Waals surface area contributed by atoms with Gasteiger partial charge in [0.05, 0.1) is 24.9 Å². The van der Waals surface area contributed by atoms with Crippen LogP contribution < -0.4 is 14.9 Å². The third-order valence-electron chi connectivity index (χ3n) is 3.00. The fourth-order valence-corrected chi connectivity index (χ4v) is 2.34. The lowest BCUT2D eigenvalue weighted by molar-refractivity contribution is 0.0955. The summed E-state index contributed by atoms with van der Waals surface area (Å²) in [6, 6.07) is 9.36. The number of carbonyl (C=O) groups excluding carboxylic acids is 1. The summed E-state index contributed by atoms with van der Waals surface area (Å²) in [6.07, 6.45) is 1.47. The topological polar surface area (TPSA) is 80.2 Å². The first-order valence-electron chi connectivity index (χ1n) is 6.59. The predicted octanol–water partition coefficient (Wildman–Crippen LogP) is 2.94. The molecule has 0 aliphatic heterocycles. The van der Waals surface area contributed by atoms with Gasteiger partial charge >= 0.3 is 0 Å². The van der Waals surface area contributed by atoms with Crippen LogP contribution in [0.25, 0.3) is 0 Å². The normalized spacial score (nSPS) is 10.6. The Hall–Kier alpha value is -2.54. The van der Waals surface area contributed by atoms with Gasteiger partial charge < -0.3 is 14.6 Å². The summed E-state index contributed by atoms with van der Waals surface area (Å²) in [5.74, 6) is 0.908. The molecule has 0 heterocycles. The number of carbonyl (C=O) groups is 1. The molecule has 2 aromatic rings. The number of ether oxygens (including phenoxy) is 2. The van der Waals surface area contributed by atoms with Crippen LogP contribution in [0, 0.1) is 0 Å². The van der Waals surface area contributed by atoms with Gasteiger partial charge in [-0.3, -0.25) is 4.79 Å². The molecule has 6 nitrogen and oxygen atoms in total. The highest BCUT2D eigenvalue weighted by molar-refractivity contribution is 9.10. The number of hydrazone groups is 1. The molecule has 2 rings (SSSR count). The van der Waals surface area contributed by atoms with Crippen molar-refractivity contribution in [3.05, 3.63) is 52.0 Å². The largest absolute Gasteiger partial charge is 0.508 e. The number of phenolic OH excluding ortho intramolecular Hbond substituents is 1. The second kappa shape index (κ2) is 7.64. The molecule has 2 aromatic carbocycles. The molecule has 23 heavy (non-hydrogen) atoms. The highest BCUT2D eigenvalue weighted by atomic mass is 79.9. The van der Waals surface area contributed by atoms with Crippen LogP contribution in [0.15, 0.2) is 46.0 Å². The zero-order valence-electron chi connectivity index (χ0n) is 12.5. The van der Waals surface area contributed by atoms with Crippen molar-refractivity contribution < 1.29 is 19.4 Å². The van der Waals surface area contributed by atoms with Crippen LogP contribution in [0.5, 0.6) is 17.2 Å². The Morgan fingerprint density at radius 3 is 2.43 bits per heavy atom. The van der Waals surface area contributed by atoms with Gasteiger partial charge in [-0.05, 0) is 46.3 Å². The third kappa shape index (κ3) is 4.23. The fourth-order valence-electron chi connectivity index (χ4n) is 1.82. The van der Waals surface area contributed by atoms with Crippen LogP contribution in [0.1, 0.15) is 15.9 Å². The van der Waals surface area contributed by atoms with E-state index in [1.807, 2.05) is 0 Å². The van der Waals surface area contributed by atoms with Gasteiger partial charge in [0.2, 0.25) is 0 Å². The van der Waals surface area contributed by atoms with E-state index >= 15 is 0 Å². The van der Waals surface area contributed by atoms with E-state index in [1.165, 1.54) is 37.6 Å². The first kappa shape index (κ1) is 16.8. The van der Waals surface area contributed by atoms with Gasteiger partial charge in [-0.25, -0.2) is 5.43 Å². The van der Waals surface area contributed by atoms with Crippen molar-refractivity contribution in [2.24, 2.45) is 5.10 Å². The molecule has 0 atom stereocenters. The van der Waals surface area contributed by atoms with Gasteiger partial charge in [0.1, 0.15) is 17.2 Å². The third-order valence-corrected chi connectivity index (χ3v) is 3.62. The smallest absolute Gasteiger partial charge is 0.271 e. The molecule has 0 bridgehead atoms. The Morgan fingerprint density at radius 1 is 1.17 bits per heavy atom. The number of hydrogen-bond donors (Lipinski definition) is 2. The maximum atomic E-state index is 11.9. The number of amides is 1. The van der Waals surface area contributed by atoms with Crippen molar-refractivity contribution in [2.45, 2.75) is 0 Å². The van der Waals surface area contributed by atoms with Crippen LogP contribution in [0.4, 0.5) is 0 Å². The lowest BCUT2D eigenvalue weighted by Crippen LogP contribution is -2.17. The standard InChI is InChI=1S/C16H15BrN2O4/c1-22-14-8-15(23-2)13(17)7-11(14)9-18-19-16(21)10-3-5-12(20)6-4-10/h3-9,20H,1-2H3,(H,19,21). The van der Waals surface area contributed by atoms with Crippen molar-refractivity contribution in [1.29, 1.82) is 0 Å². The van der Waals surface area contributed by atoms with Crippen molar-refractivity contribution >= 4 is 28.1 Å². The first-order chi connectivity index (χ1) is 11.0. The lowest BCUT2D eigenvalue weighted by atomic mass is 10.2. The van der Waals surface area contributed by atoms with Gasteiger partial charge in [-0.1, -0.05) is 0 Å². The minimum absolute atomic E-state index is 0.0953. The molecule has 1 amide bonds. The number of aromatic hydroxyl groups is 1. The number of benzene rings is 2. The molecule has 0 fully saturated rings. The number of phenols is 1. The molecule has 0 spiro atoms. The van der Waals surface area contributed by atoms with Crippen LogP contribution in [0.3, 0.4) is 0 Å². The van der Waals surface area contributed by atoms with Gasteiger partial charge in [0.25, 0.3) is 5.91 Å². The molecule has 0 saturated carbocycles. The van der Waals surface area contributed by atoms with E-state index in [0.717, 1.165) is 4.47 Å². The minimum atomic E-state index is -0.382. The molecule has 120 valence electrons. The van der Waals surface area contributed by atoms with Gasteiger partial charge in [0.15, 0.2) is 0 Å². The Morgan fingerprint density at radius 2 is 1.83 bits per heavy atom. The predicted molar refractivity (Wildman–Crippen MR) is 90.4 cm³/mol. The second-order valence-corrected chi connectivity index (χ2v) is 5.33. The van der Waals surface area contributed by atoms with Gasteiger partial charge in [0, 0.05) is 17.2 Å². The summed E-state index contributed by atoms with van der Waals surface area (Å²) in [5, 5.41) is 13.1. The average molecular weight is 379 g/mol. The quantitative estimate of drug-likeness (QED) is 0.619. The highest BCUT2D eigenvalue weighted by Crippen LogP contribution is 2.31. The molecular weight excluding hydrogens is 364 g/mol. The number of halogens is 1. The molecule has 0 aromatic heterocycles. The molecule has 0 radical (unpaired) electrons.